The van der Waals surface area contributed by atoms with Gasteiger partial charge in [-0.3, -0.25) is 4.79 Å². The molecule has 0 heterocycles. The number of nitrogens with two attached hydrogens (primary N) is 1. The Kier molecular flexibility index (Phi) is 6.22. The molecule has 0 fully saturated rings. The van der Waals surface area contributed by atoms with Crippen molar-refractivity contribution in [2.45, 2.75) is 6.92 Å². The SMILES string of the molecule is CCS(=O)(=O)CCNC(=O)c1cccc(C#CCN)c1. The van der Waals surface area contributed by atoms with E-state index in [4.69, 9.17) is 5.73 Å². The minimum absolute atomic E-state index is 0.0537. The minimum Gasteiger partial charge on any atom is -0.351 e. The zero-order valence-corrected chi connectivity index (χ0v) is 12.2. The molecule has 5 nitrogen and oxygen atoms in total. The number of carbonyl (C=O) groups is 1. The lowest BCUT2D eigenvalue weighted by atomic mass is 10.1. The van der Waals surface area contributed by atoms with E-state index in [1.807, 2.05) is 0 Å². The number of carbonyl (C=O) groups excluding carboxylic acids is 1. The van der Waals surface area contributed by atoms with Gasteiger partial charge in [0.2, 0.25) is 0 Å². The lowest BCUT2D eigenvalue weighted by Gasteiger charge is -2.05. The molecule has 1 aromatic rings. The lowest BCUT2D eigenvalue weighted by Crippen LogP contribution is -2.29. The highest BCUT2D eigenvalue weighted by atomic mass is 32.2. The first-order valence-electron chi connectivity index (χ1n) is 6.26. The van der Waals surface area contributed by atoms with E-state index in [1.54, 1.807) is 31.2 Å². The smallest absolute Gasteiger partial charge is 0.251 e. The summed E-state index contributed by atoms with van der Waals surface area (Å²) >= 11 is 0. The number of sulfone groups is 1. The van der Waals surface area contributed by atoms with Crippen LogP contribution in [0.2, 0.25) is 0 Å². The van der Waals surface area contributed by atoms with Crippen molar-refractivity contribution in [3.63, 3.8) is 0 Å². The predicted octanol–water partition coefficient (Wildman–Crippen LogP) is 0.161. The largest absolute Gasteiger partial charge is 0.351 e. The summed E-state index contributed by atoms with van der Waals surface area (Å²) in [5.41, 5.74) is 6.43. The molecule has 0 bridgehead atoms. The van der Waals surface area contributed by atoms with E-state index in [0.717, 1.165) is 0 Å². The Balaban J connectivity index is 2.64. The molecule has 0 atom stereocenters. The normalized spacial score (nSPS) is 10.5. The van der Waals surface area contributed by atoms with Gasteiger partial charge in [0, 0.05) is 23.4 Å². The van der Waals surface area contributed by atoms with Gasteiger partial charge in [0.25, 0.3) is 5.91 Å². The molecular weight excluding hydrogens is 276 g/mol. The molecule has 3 N–H and O–H groups in total. The van der Waals surface area contributed by atoms with Gasteiger partial charge in [-0.2, -0.15) is 0 Å². The number of benzene rings is 1. The van der Waals surface area contributed by atoms with E-state index in [9.17, 15) is 13.2 Å². The van der Waals surface area contributed by atoms with Crippen LogP contribution in [0.1, 0.15) is 22.8 Å². The number of rotatable bonds is 5. The Hall–Kier alpha value is -1.84. The maximum absolute atomic E-state index is 11.9. The van der Waals surface area contributed by atoms with Crippen molar-refractivity contribution < 1.29 is 13.2 Å². The summed E-state index contributed by atoms with van der Waals surface area (Å²) in [5, 5.41) is 2.58. The molecular formula is C14H18N2O3S. The average Bonchev–Trinajstić information content (AvgIpc) is 2.45. The summed E-state index contributed by atoms with van der Waals surface area (Å²) in [7, 11) is -3.07. The van der Waals surface area contributed by atoms with Gasteiger partial charge in [-0.25, -0.2) is 8.42 Å². The van der Waals surface area contributed by atoms with Gasteiger partial charge in [-0.1, -0.05) is 24.8 Å². The molecule has 108 valence electrons. The van der Waals surface area contributed by atoms with Gasteiger partial charge < -0.3 is 11.1 Å². The average molecular weight is 294 g/mol. The monoisotopic (exact) mass is 294 g/mol. The molecule has 1 amide bonds. The van der Waals surface area contributed by atoms with Crippen molar-refractivity contribution in [3.8, 4) is 11.8 Å². The molecule has 1 rings (SSSR count). The highest BCUT2D eigenvalue weighted by molar-refractivity contribution is 7.91. The topological polar surface area (TPSA) is 89.3 Å². The second kappa shape index (κ2) is 7.68. The molecule has 20 heavy (non-hydrogen) atoms. The summed E-state index contributed by atoms with van der Waals surface area (Å²) < 4.78 is 22.6. The van der Waals surface area contributed by atoms with E-state index < -0.39 is 9.84 Å². The lowest BCUT2D eigenvalue weighted by molar-refractivity contribution is 0.0956. The van der Waals surface area contributed by atoms with E-state index in [-0.39, 0.29) is 30.5 Å². The van der Waals surface area contributed by atoms with Gasteiger partial charge in [0.05, 0.1) is 12.3 Å². The Labute approximate surface area is 119 Å². The van der Waals surface area contributed by atoms with Crippen molar-refractivity contribution >= 4 is 15.7 Å². The highest BCUT2D eigenvalue weighted by Gasteiger charge is 2.09. The van der Waals surface area contributed by atoms with E-state index in [1.165, 1.54) is 0 Å². The van der Waals surface area contributed by atoms with Crippen LogP contribution >= 0.6 is 0 Å². The number of amides is 1. The summed E-state index contributed by atoms with van der Waals surface area (Å²) in [6.07, 6.45) is 0. The van der Waals surface area contributed by atoms with Gasteiger partial charge in [-0.05, 0) is 18.2 Å². The minimum atomic E-state index is -3.07. The van der Waals surface area contributed by atoms with E-state index in [2.05, 4.69) is 17.2 Å². The summed E-state index contributed by atoms with van der Waals surface area (Å²) in [5.74, 6) is 5.26. The molecule has 1 aromatic carbocycles. The molecule has 0 aliphatic heterocycles. The fourth-order valence-electron chi connectivity index (χ4n) is 1.46. The standard InChI is InChI=1S/C14H18N2O3S/c1-2-20(18,19)10-9-16-14(17)13-7-3-5-12(11-13)6-4-8-15/h3,5,7,11H,2,8-10,15H2,1H3,(H,16,17). The molecule has 0 saturated heterocycles. The van der Waals surface area contributed by atoms with Crippen molar-refractivity contribution in [2.24, 2.45) is 5.73 Å². The maximum atomic E-state index is 11.9. The number of hydrogen-bond acceptors (Lipinski definition) is 4. The molecule has 0 saturated carbocycles. The third kappa shape index (κ3) is 5.43. The van der Waals surface area contributed by atoms with Gasteiger partial charge in [-0.15, -0.1) is 0 Å². The number of hydrogen-bond donors (Lipinski definition) is 2. The predicted molar refractivity (Wildman–Crippen MR) is 79.0 cm³/mol. The quantitative estimate of drug-likeness (QED) is 0.757. The van der Waals surface area contributed by atoms with Crippen LogP contribution in [0.3, 0.4) is 0 Å². The van der Waals surface area contributed by atoms with E-state index in [0.29, 0.717) is 11.1 Å². The van der Waals surface area contributed by atoms with Gasteiger partial charge >= 0.3 is 0 Å². The second-order valence-electron chi connectivity index (χ2n) is 4.08. The third-order valence-corrected chi connectivity index (χ3v) is 4.30. The van der Waals surface area contributed by atoms with Gasteiger partial charge in [0.1, 0.15) is 0 Å². The summed E-state index contributed by atoms with van der Waals surface area (Å²) in [6.45, 7) is 1.94. The summed E-state index contributed by atoms with van der Waals surface area (Å²) in [4.78, 5) is 11.9. The second-order valence-corrected chi connectivity index (χ2v) is 6.55. The van der Waals surface area contributed by atoms with Crippen LogP contribution in [0.15, 0.2) is 24.3 Å². The molecule has 0 aliphatic rings. The van der Waals surface area contributed by atoms with Crippen LogP contribution in [-0.4, -0.2) is 38.9 Å². The molecule has 0 unspecified atom stereocenters. The van der Waals surface area contributed by atoms with Crippen molar-refractivity contribution in [2.75, 3.05) is 24.6 Å². The van der Waals surface area contributed by atoms with Crippen molar-refractivity contribution in [1.29, 1.82) is 0 Å². The van der Waals surface area contributed by atoms with Crippen LogP contribution in [-0.2, 0) is 9.84 Å². The Bertz CT molecular complexity index is 627. The Morgan fingerprint density at radius 2 is 2.15 bits per heavy atom. The Morgan fingerprint density at radius 1 is 1.40 bits per heavy atom. The van der Waals surface area contributed by atoms with Crippen LogP contribution in [0.25, 0.3) is 0 Å². The first-order chi connectivity index (χ1) is 9.48. The zero-order chi connectivity index (χ0) is 15.0. The van der Waals surface area contributed by atoms with E-state index >= 15 is 0 Å². The highest BCUT2D eigenvalue weighted by Crippen LogP contribution is 2.04. The van der Waals surface area contributed by atoms with Crippen LogP contribution in [0, 0.1) is 11.8 Å². The molecule has 0 aliphatic carbocycles. The first kappa shape index (κ1) is 16.2. The zero-order valence-electron chi connectivity index (χ0n) is 11.3. The molecule has 6 heteroatoms. The fraction of sp³-hybridized carbons (Fsp3) is 0.357. The molecule has 0 aromatic heterocycles. The van der Waals surface area contributed by atoms with Gasteiger partial charge in [0.15, 0.2) is 9.84 Å². The maximum Gasteiger partial charge on any atom is 0.251 e. The fourth-order valence-corrected chi connectivity index (χ4v) is 2.16. The first-order valence-corrected chi connectivity index (χ1v) is 8.08. The summed E-state index contributed by atoms with van der Waals surface area (Å²) in [6, 6.07) is 6.79. The van der Waals surface area contributed by atoms with Crippen molar-refractivity contribution in [3.05, 3.63) is 35.4 Å². The third-order valence-electron chi connectivity index (χ3n) is 2.60. The molecule has 0 spiro atoms. The van der Waals surface area contributed by atoms with Crippen molar-refractivity contribution in [1.82, 2.24) is 5.32 Å². The Morgan fingerprint density at radius 3 is 2.80 bits per heavy atom. The molecule has 0 radical (unpaired) electrons. The number of nitrogens with one attached hydrogen (secondary N) is 1. The van der Waals surface area contributed by atoms with Crippen LogP contribution in [0.5, 0.6) is 0 Å². The van der Waals surface area contributed by atoms with Crippen LogP contribution in [0.4, 0.5) is 0 Å². The van der Waals surface area contributed by atoms with Crippen LogP contribution < -0.4 is 11.1 Å².